The topological polar surface area (TPSA) is 65.2 Å². The van der Waals surface area contributed by atoms with Crippen molar-refractivity contribution in [2.24, 2.45) is 5.10 Å². The van der Waals surface area contributed by atoms with Crippen LogP contribution in [-0.2, 0) is 4.79 Å². The molecule has 82 valence electrons. The molecule has 4 nitrogen and oxygen atoms in total. The van der Waals surface area contributed by atoms with Gasteiger partial charge in [0.2, 0.25) is 0 Å². The number of nitrogens with zero attached hydrogens (tertiary/aromatic N) is 2. The number of nitriles is 1. The Morgan fingerprint density at radius 3 is 2.69 bits per heavy atom. The summed E-state index contributed by atoms with van der Waals surface area (Å²) in [5.41, 5.74) is 3.97. The van der Waals surface area contributed by atoms with Gasteiger partial charge in [0.05, 0.1) is 11.8 Å². The predicted molar refractivity (Wildman–Crippen MR) is 69.7 cm³/mol. The number of rotatable bonds is 3. The molecule has 0 heterocycles. The van der Waals surface area contributed by atoms with E-state index in [2.05, 4.69) is 33.1 Å². The molecule has 1 aromatic carbocycles. The van der Waals surface area contributed by atoms with Crippen molar-refractivity contribution in [1.82, 2.24) is 5.43 Å². The van der Waals surface area contributed by atoms with Gasteiger partial charge in [-0.3, -0.25) is 4.79 Å². The second-order valence-electron chi connectivity index (χ2n) is 3.07. The van der Waals surface area contributed by atoms with Crippen LogP contribution < -0.4 is 5.43 Å². The van der Waals surface area contributed by atoms with E-state index in [1.165, 1.54) is 0 Å². The summed E-state index contributed by atoms with van der Waals surface area (Å²) in [6, 6.07) is 9.54. The molecular weight excluding hydrogens is 317 g/mol. The molecular formula is C11H10IN3O. The van der Waals surface area contributed by atoms with E-state index in [0.717, 1.165) is 9.13 Å². The minimum absolute atomic E-state index is 0.177. The quantitative estimate of drug-likeness (QED) is 0.525. The van der Waals surface area contributed by atoms with Crippen LogP contribution in [-0.4, -0.2) is 11.6 Å². The highest BCUT2D eigenvalue weighted by molar-refractivity contribution is 14.1. The summed E-state index contributed by atoms with van der Waals surface area (Å²) in [6.45, 7) is 1.80. The van der Waals surface area contributed by atoms with Crippen molar-refractivity contribution in [3.05, 3.63) is 33.4 Å². The first-order valence-corrected chi connectivity index (χ1v) is 5.67. The van der Waals surface area contributed by atoms with Gasteiger partial charge in [0.15, 0.2) is 0 Å². The number of halogens is 1. The number of amides is 1. The lowest BCUT2D eigenvalue weighted by Crippen LogP contribution is -2.18. The van der Waals surface area contributed by atoms with Crippen LogP contribution in [0.3, 0.4) is 0 Å². The van der Waals surface area contributed by atoms with Gasteiger partial charge in [0.25, 0.3) is 5.91 Å². The molecule has 0 unspecified atom stereocenters. The van der Waals surface area contributed by atoms with Crippen molar-refractivity contribution in [2.45, 2.75) is 13.3 Å². The molecule has 5 heteroatoms. The number of hydrogen-bond acceptors (Lipinski definition) is 3. The number of carbonyl (C=O) groups is 1. The molecule has 0 radical (unpaired) electrons. The maximum atomic E-state index is 11.0. The van der Waals surface area contributed by atoms with Gasteiger partial charge in [-0.1, -0.05) is 12.1 Å². The van der Waals surface area contributed by atoms with E-state index < -0.39 is 5.91 Å². The van der Waals surface area contributed by atoms with Crippen LogP contribution in [0.5, 0.6) is 0 Å². The highest BCUT2D eigenvalue weighted by atomic mass is 127. The van der Waals surface area contributed by atoms with Crippen LogP contribution in [0.15, 0.2) is 29.4 Å². The molecule has 0 saturated carbocycles. The number of nitrogens with one attached hydrogen (secondary N) is 1. The fourth-order valence-electron chi connectivity index (χ4n) is 1.01. The van der Waals surface area contributed by atoms with Crippen LogP contribution in [0, 0.1) is 14.9 Å². The van der Waals surface area contributed by atoms with Crippen molar-refractivity contribution >= 4 is 34.2 Å². The third-order valence-corrected chi connectivity index (χ3v) is 2.57. The van der Waals surface area contributed by atoms with Crippen molar-refractivity contribution < 1.29 is 4.79 Å². The van der Waals surface area contributed by atoms with Gasteiger partial charge in [0.1, 0.15) is 6.42 Å². The Labute approximate surface area is 107 Å². The number of carbonyl (C=O) groups excluding carboxylic acids is 1. The summed E-state index contributed by atoms with van der Waals surface area (Å²) >= 11 is 2.22. The molecule has 1 rings (SSSR count). The lowest BCUT2D eigenvalue weighted by Gasteiger charge is -2.01. The van der Waals surface area contributed by atoms with Gasteiger partial charge in [-0.05, 0) is 47.2 Å². The summed E-state index contributed by atoms with van der Waals surface area (Å²) < 4.78 is 1.14. The van der Waals surface area contributed by atoms with Crippen molar-refractivity contribution in [3.8, 4) is 6.07 Å². The first-order chi connectivity index (χ1) is 7.63. The smallest absolute Gasteiger partial charge is 0.254 e. The average molecular weight is 327 g/mol. The minimum Gasteiger partial charge on any atom is -0.272 e. The zero-order valence-electron chi connectivity index (χ0n) is 8.70. The Balaban J connectivity index is 2.67. The molecule has 1 N–H and O–H groups in total. The molecule has 1 aromatic rings. The Morgan fingerprint density at radius 1 is 1.50 bits per heavy atom. The molecule has 1 amide bonds. The van der Waals surface area contributed by atoms with E-state index in [9.17, 15) is 4.79 Å². The fourth-order valence-corrected chi connectivity index (χ4v) is 1.37. The van der Waals surface area contributed by atoms with Crippen LogP contribution in [0.25, 0.3) is 0 Å². The molecule has 0 saturated heterocycles. The van der Waals surface area contributed by atoms with Crippen molar-refractivity contribution in [1.29, 1.82) is 5.26 Å². The van der Waals surface area contributed by atoms with Gasteiger partial charge >= 0.3 is 0 Å². The van der Waals surface area contributed by atoms with E-state index in [-0.39, 0.29) is 6.42 Å². The summed E-state index contributed by atoms with van der Waals surface area (Å²) in [6.07, 6.45) is -0.177. The molecule has 0 bridgehead atoms. The summed E-state index contributed by atoms with van der Waals surface area (Å²) in [4.78, 5) is 11.0. The van der Waals surface area contributed by atoms with Gasteiger partial charge in [-0.15, -0.1) is 0 Å². The highest BCUT2D eigenvalue weighted by Gasteiger charge is 2.00. The van der Waals surface area contributed by atoms with Gasteiger partial charge in [-0.2, -0.15) is 10.4 Å². The Hall–Kier alpha value is -1.42. The first kappa shape index (κ1) is 12.6. The Morgan fingerprint density at radius 2 is 2.12 bits per heavy atom. The second-order valence-corrected chi connectivity index (χ2v) is 4.32. The third-order valence-electron chi connectivity index (χ3n) is 1.85. The molecule has 0 spiro atoms. The minimum atomic E-state index is -0.396. The fraction of sp³-hybridized carbons (Fsp3) is 0.182. The van der Waals surface area contributed by atoms with Crippen LogP contribution in [0.1, 0.15) is 18.9 Å². The Bertz CT molecular complexity index is 445. The normalized spacial score (nSPS) is 10.7. The standard InChI is InChI=1S/C11H10IN3O/c1-8(14-15-11(16)6-7-13)9-2-4-10(12)5-3-9/h2-5H,6H2,1H3,(H,15,16)/b14-8+. The van der Waals surface area contributed by atoms with Crippen LogP contribution >= 0.6 is 22.6 Å². The second kappa shape index (κ2) is 6.23. The summed E-state index contributed by atoms with van der Waals surface area (Å²) in [5.74, 6) is -0.396. The van der Waals surface area contributed by atoms with Gasteiger partial charge in [0, 0.05) is 3.57 Å². The lowest BCUT2D eigenvalue weighted by atomic mass is 10.1. The summed E-state index contributed by atoms with van der Waals surface area (Å²) in [7, 11) is 0. The van der Waals surface area contributed by atoms with E-state index >= 15 is 0 Å². The van der Waals surface area contributed by atoms with E-state index in [1.54, 1.807) is 13.0 Å². The number of hydrazone groups is 1. The maximum absolute atomic E-state index is 11.0. The van der Waals surface area contributed by atoms with Crippen LogP contribution in [0.4, 0.5) is 0 Å². The third kappa shape index (κ3) is 3.98. The van der Waals surface area contributed by atoms with Crippen LogP contribution in [0.2, 0.25) is 0 Å². The van der Waals surface area contributed by atoms with Gasteiger partial charge in [-0.25, -0.2) is 5.43 Å². The van der Waals surface area contributed by atoms with Crippen molar-refractivity contribution in [2.75, 3.05) is 0 Å². The molecule has 0 aliphatic carbocycles. The zero-order valence-corrected chi connectivity index (χ0v) is 10.9. The van der Waals surface area contributed by atoms with Crippen molar-refractivity contribution in [3.63, 3.8) is 0 Å². The molecule has 0 fully saturated rings. The van der Waals surface area contributed by atoms with E-state index in [1.807, 2.05) is 24.3 Å². The number of hydrogen-bond donors (Lipinski definition) is 1. The number of benzene rings is 1. The molecule has 0 atom stereocenters. The molecule has 16 heavy (non-hydrogen) atoms. The summed E-state index contributed by atoms with van der Waals surface area (Å²) in [5, 5.41) is 12.2. The monoisotopic (exact) mass is 327 g/mol. The maximum Gasteiger partial charge on any atom is 0.254 e. The zero-order chi connectivity index (χ0) is 12.0. The predicted octanol–water partition coefficient (Wildman–Crippen LogP) is 2.05. The van der Waals surface area contributed by atoms with E-state index in [4.69, 9.17) is 5.26 Å². The van der Waals surface area contributed by atoms with E-state index in [0.29, 0.717) is 5.71 Å². The first-order valence-electron chi connectivity index (χ1n) is 4.59. The highest BCUT2D eigenvalue weighted by Crippen LogP contribution is 2.07. The molecule has 0 aliphatic rings. The average Bonchev–Trinajstić information content (AvgIpc) is 2.27. The van der Waals surface area contributed by atoms with Gasteiger partial charge < -0.3 is 0 Å². The SMILES string of the molecule is C/C(=N\NC(=O)CC#N)c1ccc(I)cc1. The molecule has 0 aromatic heterocycles. The largest absolute Gasteiger partial charge is 0.272 e. The Kier molecular flexibility index (Phi) is 4.92. The lowest BCUT2D eigenvalue weighted by molar-refractivity contribution is -0.120. The molecule has 0 aliphatic heterocycles.